The van der Waals surface area contributed by atoms with Crippen LogP contribution in [0.25, 0.3) is 5.76 Å². The molecule has 0 aliphatic carbocycles. The van der Waals surface area contributed by atoms with Crippen molar-refractivity contribution in [3.8, 4) is 0 Å². The molecule has 2 aromatic rings. The van der Waals surface area contributed by atoms with Gasteiger partial charge in [-0.1, -0.05) is 24.3 Å². The minimum absolute atomic E-state index is 0.129. The highest BCUT2D eigenvalue weighted by Crippen LogP contribution is 2.39. The van der Waals surface area contributed by atoms with Crippen LogP contribution in [-0.4, -0.2) is 67.9 Å². The Bertz CT molecular complexity index is 1020. The maximum absolute atomic E-state index is 13.1. The van der Waals surface area contributed by atoms with Crippen molar-refractivity contribution >= 4 is 23.1 Å². The highest BCUT2D eigenvalue weighted by Gasteiger charge is 2.45. The minimum atomic E-state index is -0.642. The van der Waals surface area contributed by atoms with Crippen LogP contribution < -0.4 is 4.90 Å². The molecule has 3 rings (SSSR count). The molecule has 1 aliphatic heterocycles. The number of carbonyl (C=O) groups is 2. The molecule has 31 heavy (non-hydrogen) atoms. The molecule has 6 nitrogen and oxygen atoms in total. The van der Waals surface area contributed by atoms with Crippen LogP contribution in [0.1, 0.15) is 28.3 Å². The number of anilines is 1. The summed E-state index contributed by atoms with van der Waals surface area (Å²) < 4.78 is 0. The van der Waals surface area contributed by atoms with E-state index in [4.69, 9.17) is 0 Å². The monoisotopic (exact) mass is 421 g/mol. The first-order valence-electron chi connectivity index (χ1n) is 10.4. The molecule has 0 aromatic heterocycles. The molecule has 1 fully saturated rings. The molecule has 0 spiro atoms. The van der Waals surface area contributed by atoms with Crippen molar-refractivity contribution in [1.29, 1.82) is 0 Å². The zero-order chi connectivity index (χ0) is 22.9. The van der Waals surface area contributed by atoms with Gasteiger partial charge in [0.05, 0.1) is 11.6 Å². The van der Waals surface area contributed by atoms with Crippen LogP contribution in [-0.2, 0) is 9.59 Å². The van der Waals surface area contributed by atoms with Crippen molar-refractivity contribution in [3.63, 3.8) is 0 Å². The summed E-state index contributed by atoms with van der Waals surface area (Å²) >= 11 is 0. The Morgan fingerprint density at radius 3 is 2.16 bits per heavy atom. The molecule has 1 heterocycles. The number of ketones is 1. The summed E-state index contributed by atoms with van der Waals surface area (Å²) in [5, 5.41) is 11.2. The maximum atomic E-state index is 13.1. The average Bonchev–Trinajstić information content (AvgIpc) is 2.98. The van der Waals surface area contributed by atoms with Crippen LogP contribution in [0.5, 0.6) is 0 Å². The number of benzene rings is 2. The van der Waals surface area contributed by atoms with Crippen molar-refractivity contribution in [2.24, 2.45) is 0 Å². The van der Waals surface area contributed by atoms with Crippen LogP contribution in [0.4, 0.5) is 5.69 Å². The third kappa shape index (κ3) is 4.49. The predicted octanol–water partition coefficient (Wildman–Crippen LogP) is 3.35. The van der Waals surface area contributed by atoms with E-state index in [1.54, 1.807) is 11.0 Å². The Balaban J connectivity index is 2.15. The molecule has 1 atom stereocenters. The first-order chi connectivity index (χ1) is 14.6. The number of Topliss-reactive ketones (excluding diaryl/α,β-unsaturated/α-hetero) is 1. The van der Waals surface area contributed by atoms with Gasteiger partial charge >= 0.3 is 0 Å². The Morgan fingerprint density at radius 2 is 1.61 bits per heavy atom. The van der Waals surface area contributed by atoms with Crippen LogP contribution in [0.2, 0.25) is 0 Å². The van der Waals surface area contributed by atoms with Crippen molar-refractivity contribution in [2.75, 3.05) is 46.2 Å². The van der Waals surface area contributed by atoms with Gasteiger partial charge in [-0.3, -0.25) is 9.59 Å². The number of aryl methyl sites for hydroxylation is 2. The highest BCUT2D eigenvalue weighted by molar-refractivity contribution is 6.46. The molecule has 0 radical (unpaired) electrons. The molecule has 2 aromatic carbocycles. The number of aliphatic hydroxyl groups excluding tert-OH is 1. The topological polar surface area (TPSA) is 64.1 Å². The number of aliphatic hydroxyl groups is 1. The molecule has 1 amide bonds. The molecule has 1 saturated heterocycles. The van der Waals surface area contributed by atoms with Gasteiger partial charge in [0, 0.05) is 38.4 Å². The second-order valence-corrected chi connectivity index (χ2v) is 8.58. The molecule has 1 unspecified atom stereocenters. The number of amides is 1. The summed E-state index contributed by atoms with van der Waals surface area (Å²) in [6.07, 6.45) is 0. The first-order valence-corrected chi connectivity index (χ1v) is 10.4. The summed E-state index contributed by atoms with van der Waals surface area (Å²) in [6.45, 7) is 4.95. The summed E-state index contributed by atoms with van der Waals surface area (Å²) in [5.74, 6) is -1.35. The number of carbonyl (C=O) groups excluding carboxylic acids is 2. The van der Waals surface area contributed by atoms with Crippen molar-refractivity contribution < 1.29 is 14.7 Å². The SMILES string of the molecule is Cc1ccc(/C(O)=C2/C(=O)C(=O)N(CCN(C)C)C2c2ccc(N(C)C)cc2)cc1C. The number of rotatable bonds is 6. The van der Waals surface area contributed by atoms with Crippen molar-refractivity contribution in [2.45, 2.75) is 19.9 Å². The van der Waals surface area contributed by atoms with Gasteiger partial charge in [-0.25, -0.2) is 0 Å². The molecular weight excluding hydrogens is 390 g/mol. The van der Waals surface area contributed by atoms with E-state index in [0.717, 1.165) is 22.4 Å². The molecule has 1 aliphatic rings. The summed E-state index contributed by atoms with van der Waals surface area (Å²) in [7, 11) is 7.76. The Kier molecular flexibility index (Phi) is 6.51. The van der Waals surface area contributed by atoms with Gasteiger partial charge in [0.2, 0.25) is 0 Å². The number of hydrogen-bond acceptors (Lipinski definition) is 5. The van der Waals surface area contributed by atoms with E-state index >= 15 is 0 Å². The van der Waals surface area contributed by atoms with Crippen LogP contribution in [0.3, 0.4) is 0 Å². The van der Waals surface area contributed by atoms with Gasteiger partial charge in [-0.15, -0.1) is 0 Å². The Labute approximate surface area is 184 Å². The van der Waals surface area contributed by atoms with Gasteiger partial charge in [-0.05, 0) is 62.8 Å². The van der Waals surface area contributed by atoms with Crippen LogP contribution in [0, 0.1) is 13.8 Å². The fourth-order valence-electron chi connectivity index (χ4n) is 3.76. The third-order valence-electron chi connectivity index (χ3n) is 5.83. The lowest BCUT2D eigenvalue weighted by Crippen LogP contribution is -2.35. The minimum Gasteiger partial charge on any atom is -0.507 e. The number of likely N-dealkylation sites (tertiary alicyclic amines) is 1. The number of nitrogens with zero attached hydrogens (tertiary/aromatic N) is 3. The predicted molar refractivity (Wildman–Crippen MR) is 124 cm³/mol. The first kappa shape index (κ1) is 22.6. The quantitative estimate of drug-likeness (QED) is 0.440. The number of likely N-dealkylation sites (N-methyl/N-ethyl adjacent to an activating group) is 1. The van der Waals surface area contributed by atoms with Gasteiger partial charge in [0.25, 0.3) is 11.7 Å². The lowest BCUT2D eigenvalue weighted by Gasteiger charge is -2.27. The molecule has 0 saturated carbocycles. The largest absolute Gasteiger partial charge is 0.507 e. The smallest absolute Gasteiger partial charge is 0.295 e. The summed E-state index contributed by atoms with van der Waals surface area (Å²) in [4.78, 5) is 31.5. The van der Waals surface area contributed by atoms with Crippen LogP contribution >= 0.6 is 0 Å². The second kappa shape index (κ2) is 8.94. The van der Waals surface area contributed by atoms with E-state index in [1.165, 1.54) is 0 Å². The van der Waals surface area contributed by atoms with E-state index < -0.39 is 17.7 Å². The molecule has 0 bridgehead atoms. The Morgan fingerprint density at radius 1 is 0.968 bits per heavy atom. The fraction of sp³-hybridized carbons (Fsp3) is 0.360. The lowest BCUT2D eigenvalue weighted by molar-refractivity contribution is -0.140. The Hall–Kier alpha value is -3.12. The maximum Gasteiger partial charge on any atom is 0.295 e. The van der Waals surface area contributed by atoms with E-state index in [-0.39, 0.29) is 11.3 Å². The highest BCUT2D eigenvalue weighted by atomic mass is 16.3. The summed E-state index contributed by atoms with van der Waals surface area (Å²) in [5.41, 5.74) is 4.61. The van der Waals surface area contributed by atoms with Crippen molar-refractivity contribution in [3.05, 3.63) is 70.3 Å². The van der Waals surface area contributed by atoms with Gasteiger partial charge in [-0.2, -0.15) is 0 Å². The van der Waals surface area contributed by atoms with E-state index in [0.29, 0.717) is 18.7 Å². The number of hydrogen-bond donors (Lipinski definition) is 1. The fourth-order valence-corrected chi connectivity index (χ4v) is 3.76. The third-order valence-corrected chi connectivity index (χ3v) is 5.83. The van der Waals surface area contributed by atoms with Gasteiger partial charge < -0.3 is 19.8 Å². The van der Waals surface area contributed by atoms with Crippen molar-refractivity contribution in [1.82, 2.24) is 9.80 Å². The lowest BCUT2D eigenvalue weighted by atomic mass is 9.94. The molecular formula is C25H31N3O3. The standard InChI is InChI=1S/C25H31N3O3/c1-16-7-8-19(15-17(16)2)23(29)21-22(18-9-11-20(12-10-18)27(5)6)28(14-13-26(3)4)25(31)24(21)30/h7-12,15,22,29H,13-14H2,1-6H3/b23-21-. The molecule has 6 heteroatoms. The average molecular weight is 422 g/mol. The van der Waals surface area contributed by atoms with E-state index in [9.17, 15) is 14.7 Å². The zero-order valence-corrected chi connectivity index (χ0v) is 19.1. The zero-order valence-electron chi connectivity index (χ0n) is 19.1. The molecule has 1 N–H and O–H groups in total. The normalized spacial score (nSPS) is 18.2. The molecule has 164 valence electrons. The van der Waals surface area contributed by atoms with Gasteiger partial charge in [0.1, 0.15) is 5.76 Å². The van der Waals surface area contributed by atoms with Crippen LogP contribution in [0.15, 0.2) is 48.0 Å². The van der Waals surface area contributed by atoms with E-state index in [1.807, 2.05) is 88.2 Å². The van der Waals surface area contributed by atoms with E-state index in [2.05, 4.69) is 0 Å². The summed E-state index contributed by atoms with van der Waals surface area (Å²) in [6, 6.07) is 12.7. The van der Waals surface area contributed by atoms with Gasteiger partial charge in [0.15, 0.2) is 0 Å². The second-order valence-electron chi connectivity index (χ2n) is 8.58.